The summed E-state index contributed by atoms with van der Waals surface area (Å²) in [6.07, 6.45) is 2.06. The summed E-state index contributed by atoms with van der Waals surface area (Å²) in [4.78, 5) is 0. The van der Waals surface area contributed by atoms with Crippen molar-refractivity contribution in [2.75, 3.05) is 0 Å². The van der Waals surface area contributed by atoms with Crippen LogP contribution in [0, 0.1) is 25.2 Å². The molecule has 4 aromatic rings. The second-order valence-electron chi connectivity index (χ2n) is 6.91. The lowest BCUT2D eigenvalue weighted by Crippen LogP contribution is -3.00. The van der Waals surface area contributed by atoms with Crippen LogP contribution in [0.4, 0.5) is 0 Å². The topological polar surface area (TPSA) is 41.3 Å². The Kier molecular flexibility index (Phi) is 6.36. The summed E-state index contributed by atoms with van der Waals surface area (Å²) < 4.78 is 10.6. The van der Waals surface area contributed by atoms with Gasteiger partial charge in [-0.2, -0.15) is 9.66 Å². The molecular formula is C24H22BrN3O. The highest BCUT2D eigenvalue weighted by Crippen LogP contribution is 2.22. The van der Waals surface area contributed by atoms with E-state index in [2.05, 4.69) is 53.3 Å². The Morgan fingerprint density at radius 3 is 2.48 bits per heavy atom. The fourth-order valence-corrected chi connectivity index (χ4v) is 3.51. The molecule has 146 valence electrons. The van der Waals surface area contributed by atoms with Gasteiger partial charge in [0, 0.05) is 13.8 Å². The molecule has 0 atom stereocenters. The zero-order valence-electron chi connectivity index (χ0n) is 16.5. The van der Waals surface area contributed by atoms with Crippen LogP contribution in [0.1, 0.15) is 28.1 Å². The molecule has 4 rings (SSSR count). The molecule has 2 heterocycles. The summed E-state index contributed by atoms with van der Waals surface area (Å²) in [5.41, 5.74) is 6.29. The number of rotatable bonds is 5. The van der Waals surface area contributed by atoms with Gasteiger partial charge in [0.2, 0.25) is 5.75 Å². The molecule has 0 aliphatic rings. The van der Waals surface area contributed by atoms with Crippen LogP contribution in [-0.4, -0.2) is 4.40 Å². The summed E-state index contributed by atoms with van der Waals surface area (Å²) in [6, 6.07) is 24.2. The van der Waals surface area contributed by atoms with E-state index >= 15 is 0 Å². The van der Waals surface area contributed by atoms with Crippen LogP contribution in [0.15, 0.2) is 72.9 Å². The predicted octanol–water partition coefficient (Wildman–Crippen LogP) is 1.35. The van der Waals surface area contributed by atoms with Crippen molar-refractivity contribution in [1.82, 2.24) is 4.40 Å². The maximum Gasteiger partial charge on any atom is 0.329 e. The number of halogens is 1. The molecule has 0 bridgehead atoms. The molecule has 0 aliphatic carbocycles. The summed E-state index contributed by atoms with van der Waals surface area (Å²) >= 11 is 0. The molecule has 0 unspecified atom stereocenters. The maximum absolute atomic E-state index is 9.20. The molecule has 0 spiro atoms. The van der Waals surface area contributed by atoms with Gasteiger partial charge in [0.05, 0.1) is 17.8 Å². The van der Waals surface area contributed by atoms with Crippen LogP contribution < -0.4 is 26.3 Å². The van der Waals surface area contributed by atoms with E-state index in [-0.39, 0.29) is 17.0 Å². The Bertz CT molecular complexity index is 1180. The van der Waals surface area contributed by atoms with Crippen molar-refractivity contribution in [3.05, 3.63) is 101 Å². The number of aromatic nitrogens is 2. The first-order valence-electron chi connectivity index (χ1n) is 9.33. The normalized spacial score (nSPS) is 10.4. The Balaban J connectivity index is 0.00000240. The third-order valence-electron chi connectivity index (χ3n) is 5.11. The zero-order valence-corrected chi connectivity index (χ0v) is 18.1. The highest BCUT2D eigenvalue weighted by atomic mass is 79.9. The molecule has 0 N–H and O–H groups in total. The molecule has 0 saturated heterocycles. The van der Waals surface area contributed by atoms with Crippen molar-refractivity contribution < 1.29 is 26.3 Å². The molecule has 0 fully saturated rings. The number of benzene rings is 2. The van der Waals surface area contributed by atoms with Gasteiger partial charge in [0.25, 0.3) is 0 Å². The third-order valence-corrected chi connectivity index (χ3v) is 5.11. The van der Waals surface area contributed by atoms with Crippen molar-refractivity contribution >= 4 is 5.65 Å². The van der Waals surface area contributed by atoms with Crippen LogP contribution in [0.3, 0.4) is 0 Å². The van der Waals surface area contributed by atoms with Crippen LogP contribution in [-0.2, 0) is 13.2 Å². The Morgan fingerprint density at radius 1 is 0.966 bits per heavy atom. The lowest BCUT2D eigenvalue weighted by atomic mass is 10.1. The molecular weight excluding hydrogens is 426 g/mol. The minimum Gasteiger partial charge on any atom is -1.00 e. The van der Waals surface area contributed by atoms with Gasteiger partial charge in [0.15, 0.2) is 0 Å². The monoisotopic (exact) mass is 447 g/mol. The second kappa shape index (κ2) is 8.93. The van der Waals surface area contributed by atoms with Crippen LogP contribution in [0.25, 0.3) is 5.65 Å². The predicted molar refractivity (Wildman–Crippen MR) is 108 cm³/mol. The number of ether oxygens (including phenoxy) is 1. The summed E-state index contributed by atoms with van der Waals surface area (Å²) in [6.45, 7) is 5.45. The Hall–Kier alpha value is -3.10. The average Bonchev–Trinajstić information content (AvgIpc) is 2.98. The van der Waals surface area contributed by atoms with Gasteiger partial charge in [-0.1, -0.05) is 42.5 Å². The minimum absolute atomic E-state index is 0. The smallest absolute Gasteiger partial charge is 0.329 e. The van der Waals surface area contributed by atoms with Crippen molar-refractivity contribution in [2.45, 2.75) is 27.0 Å². The van der Waals surface area contributed by atoms with Gasteiger partial charge in [-0.15, -0.1) is 0 Å². The number of hydrogen-bond acceptors (Lipinski definition) is 2. The molecule has 29 heavy (non-hydrogen) atoms. The Morgan fingerprint density at radius 2 is 1.72 bits per heavy atom. The molecule has 0 aliphatic heterocycles. The van der Waals surface area contributed by atoms with Crippen molar-refractivity contribution in [1.29, 1.82) is 5.26 Å². The van der Waals surface area contributed by atoms with Gasteiger partial charge in [-0.3, -0.25) is 0 Å². The summed E-state index contributed by atoms with van der Waals surface area (Å²) in [7, 11) is 0. The van der Waals surface area contributed by atoms with Gasteiger partial charge >= 0.3 is 5.65 Å². The van der Waals surface area contributed by atoms with Gasteiger partial charge in [0.1, 0.15) is 24.5 Å². The van der Waals surface area contributed by atoms with E-state index in [0.29, 0.717) is 18.7 Å². The maximum atomic E-state index is 9.20. The fraction of sp³-hybridized carbons (Fsp3) is 0.167. The summed E-state index contributed by atoms with van der Waals surface area (Å²) in [5.74, 6) is 0.846. The standard InChI is InChI=1S/C24H22N3O.BrH/c1-18-19(2)27(16-22-11-6-10-21(14-22)15-25)24-23(12-7-13-26(18)24)28-17-20-8-4-3-5-9-20;/h3-14H,16-17H2,1-2H3;1H/q+1;/p-1. The molecule has 0 saturated carbocycles. The van der Waals surface area contributed by atoms with Crippen molar-refractivity contribution in [3.8, 4) is 11.8 Å². The highest BCUT2D eigenvalue weighted by molar-refractivity contribution is 5.51. The number of aryl methyl sites for hydroxylation is 1. The molecule has 0 radical (unpaired) electrons. The third kappa shape index (κ3) is 4.18. The SMILES string of the molecule is Cc1c(C)[n+](Cc2cccc(C#N)c2)c2c(OCc3ccccc3)cccn12.[Br-]. The highest BCUT2D eigenvalue weighted by Gasteiger charge is 2.24. The largest absolute Gasteiger partial charge is 1.00 e. The quantitative estimate of drug-likeness (QED) is 0.433. The Labute approximate surface area is 181 Å². The summed E-state index contributed by atoms with van der Waals surface area (Å²) in [5, 5.41) is 9.20. The van der Waals surface area contributed by atoms with E-state index in [1.54, 1.807) is 0 Å². The number of nitriles is 1. The van der Waals surface area contributed by atoms with E-state index in [0.717, 1.165) is 22.5 Å². The minimum atomic E-state index is 0. The number of nitrogens with zero attached hydrogens (tertiary/aromatic N) is 3. The lowest BCUT2D eigenvalue weighted by Gasteiger charge is -2.07. The first-order chi connectivity index (χ1) is 13.7. The number of hydrogen-bond donors (Lipinski definition) is 0. The second-order valence-corrected chi connectivity index (χ2v) is 6.91. The van der Waals surface area contributed by atoms with E-state index < -0.39 is 0 Å². The molecule has 5 heteroatoms. The zero-order chi connectivity index (χ0) is 19.5. The average molecular weight is 448 g/mol. The fourth-order valence-electron chi connectivity index (χ4n) is 3.51. The van der Waals surface area contributed by atoms with E-state index in [1.807, 2.05) is 48.5 Å². The first-order valence-corrected chi connectivity index (χ1v) is 9.33. The number of pyridine rings is 1. The molecule has 2 aromatic carbocycles. The number of imidazole rings is 1. The molecule has 4 nitrogen and oxygen atoms in total. The lowest BCUT2D eigenvalue weighted by molar-refractivity contribution is -0.668. The van der Waals surface area contributed by atoms with Gasteiger partial charge in [-0.05, 0) is 35.4 Å². The molecule has 2 aromatic heterocycles. The number of fused-ring (bicyclic) bond motifs is 1. The van der Waals surface area contributed by atoms with Gasteiger partial charge < -0.3 is 21.7 Å². The van der Waals surface area contributed by atoms with E-state index in [9.17, 15) is 5.26 Å². The van der Waals surface area contributed by atoms with E-state index in [4.69, 9.17) is 4.74 Å². The van der Waals surface area contributed by atoms with E-state index in [1.165, 1.54) is 11.4 Å². The van der Waals surface area contributed by atoms with Crippen LogP contribution in [0.2, 0.25) is 0 Å². The van der Waals surface area contributed by atoms with Gasteiger partial charge in [-0.25, -0.2) is 4.57 Å². The van der Waals surface area contributed by atoms with Crippen LogP contribution in [0.5, 0.6) is 5.75 Å². The molecule has 0 amide bonds. The van der Waals surface area contributed by atoms with Crippen LogP contribution >= 0.6 is 0 Å². The van der Waals surface area contributed by atoms with Crippen molar-refractivity contribution in [2.24, 2.45) is 0 Å². The van der Waals surface area contributed by atoms with Crippen molar-refractivity contribution in [3.63, 3.8) is 0 Å². The first kappa shape index (κ1) is 20.6.